The zero-order chi connectivity index (χ0) is 6.69. The Labute approximate surface area is 68.8 Å². The Morgan fingerprint density at radius 3 is 2.20 bits per heavy atom. The molecular formula is C6H8AlNO2. The number of carboxylic acid groups (broad SMARTS) is 1. The molecule has 0 atom stereocenters. The Balaban J connectivity index is 0.000000810. The second-order valence-corrected chi connectivity index (χ2v) is 1.54. The van der Waals surface area contributed by atoms with E-state index in [4.69, 9.17) is 5.11 Å². The highest BCUT2D eigenvalue weighted by atomic mass is 27.0. The van der Waals surface area contributed by atoms with Gasteiger partial charge >= 0.3 is 5.97 Å². The van der Waals surface area contributed by atoms with Gasteiger partial charge in [0.1, 0.15) is 0 Å². The molecule has 0 amide bonds. The van der Waals surface area contributed by atoms with Crippen molar-refractivity contribution in [1.29, 1.82) is 0 Å². The lowest BCUT2D eigenvalue weighted by Crippen LogP contribution is -1.94. The van der Waals surface area contributed by atoms with Crippen molar-refractivity contribution in [2.45, 2.75) is 0 Å². The van der Waals surface area contributed by atoms with E-state index < -0.39 is 5.97 Å². The van der Waals surface area contributed by atoms with Crippen LogP contribution in [0.3, 0.4) is 0 Å². The highest BCUT2D eigenvalue weighted by Crippen LogP contribution is 1.93. The third-order valence-corrected chi connectivity index (χ3v) is 0.927. The van der Waals surface area contributed by atoms with Gasteiger partial charge in [0.05, 0.1) is 5.56 Å². The minimum absolute atomic E-state index is 0. The van der Waals surface area contributed by atoms with Gasteiger partial charge in [-0.3, -0.25) is 4.98 Å². The molecule has 1 N–H and O–H groups in total. The molecule has 0 aliphatic rings. The summed E-state index contributed by atoms with van der Waals surface area (Å²) in [5, 5.41) is 8.36. The molecule has 0 radical (unpaired) electrons. The third kappa shape index (κ3) is 2.18. The Morgan fingerprint density at radius 2 is 1.90 bits per heavy atom. The van der Waals surface area contributed by atoms with Crippen LogP contribution < -0.4 is 0 Å². The van der Waals surface area contributed by atoms with Crippen molar-refractivity contribution < 1.29 is 9.90 Å². The normalized spacial score (nSPS) is 8.00. The minimum atomic E-state index is -0.919. The maximum atomic E-state index is 10.2. The standard InChI is InChI=1S/C6H5NO2.Al.3H/c8-6(9)5-1-3-7-4-2-5;;;;/h1-4H,(H,8,9);;;;. The van der Waals surface area contributed by atoms with Crippen LogP contribution in [0.4, 0.5) is 0 Å². The van der Waals surface area contributed by atoms with Crippen LogP contribution in [0.5, 0.6) is 0 Å². The molecule has 0 bridgehead atoms. The smallest absolute Gasteiger partial charge is 0.335 e. The number of rotatable bonds is 1. The maximum Gasteiger partial charge on any atom is 0.335 e. The van der Waals surface area contributed by atoms with Crippen LogP contribution in [0.2, 0.25) is 0 Å². The lowest BCUT2D eigenvalue weighted by molar-refractivity contribution is 0.0697. The number of nitrogens with zero attached hydrogens (tertiary/aromatic N) is 1. The van der Waals surface area contributed by atoms with Crippen LogP contribution in [0.1, 0.15) is 10.4 Å². The zero-order valence-corrected chi connectivity index (χ0v) is 4.61. The van der Waals surface area contributed by atoms with Gasteiger partial charge < -0.3 is 5.11 Å². The molecule has 0 spiro atoms. The monoisotopic (exact) mass is 153 g/mol. The molecule has 0 saturated heterocycles. The summed E-state index contributed by atoms with van der Waals surface area (Å²) in [6.07, 6.45) is 2.90. The fourth-order valence-electron chi connectivity index (χ4n) is 0.494. The summed E-state index contributed by atoms with van der Waals surface area (Å²) in [6, 6.07) is 2.89. The van der Waals surface area contributed by atoms with Gasteiger partial charge in [-0.15, -0.1) is 0 Å². The molecule has 1 heterocycles. The number of carboxylic acids is 1. The summed E-state index contributed by atoms with van der Waals surface area (Å²) < 4.78 is 0. The number of hydrogen-bond acceptors (Lipinski definition) is 2. The predicted molar refractivity (Wildman–Crippen MR) is 41.1 cm³/mol. The van der Waals surface area contributed by atoms with E-state index >= 15 is 0 Å². The summed E-state index contributed by atoms with van der Waals surface area (Å²) in [7, 11) is 0. The van der Waals surface area contributed by atoms with Gasteiger partial charge in [-0.1, -0.05) is 0 Å². The second-order valence-electron chi connectivity index (χ2n) is 1.54. The quantitative estimate of drug-likeness (QED) is 0.558. The molecule has 0 unspecified atom stereocenters. The lowest BCUT2D eigenvalue weighted by Gasteiger charge is -1.87. The van der Waals surface area contributed by atoms with Gasteiger partial charge in [-0.25, -0.2) is 4.79 Å². The molecule has 0 aromatic carbocycles. The van der Waals surface area contributed by atoms with E-state index in [9.17, 15) is 4.79 Å². The third-order valence-electron chi connectivity index (χ3n) is 0.927. The van der Waals surface area contributed by atoms with Crippen LogP contribution in [0, 0.1) is 0 Å². The molecular weight excluding hydrogens is 145 g/mol. The van der Waals surface area contributed by atoms with E-state index in [0.29, 0.717) is 0 Å². The molecule has 52 valence electrons. The van der Waals surface area contributed by atoms with Crippen molar-refractivity contribution >= 4 is 23.3 Å². The molecule has 0 aliphatic carbocycles. The summed E-state index contributed by atoms with van der Waals surface area (Å²) in [6.45, 7) is 0. The van der Waals surface area contributed by atoms with E-state index in [0.717, 1.165) is 0 Å². The van der Waals surface area contributed by atoms with E-state index in [-0.39, 0.29) is 22.9 Å². The molecule has 0 aliphatic heterocycles. The molecule has 1 aromatic rings. The average molecular weight is 153 g/mol. The molecule has 4 heteroatoms. The molecule has 0 saturated carbocycles. The van der Waals surface area contributed by atoms with Gasteiger partial charge in [0.2, 0.25) is 0 Å². The van der Waals surface area contributed by atoms with Crippen molar-refractivity contribution in [1.82, 2.24) is 4.98 Å². The molecule has 1 rings (SSSR count). The number of hydrogen-bond donors (Lipinski definition) is 1. The lowest BCUT2D eigenvalue weighted by atomic mass is 10.3. The van der Waals surface area contributed by atoms with Gasteiger partial charge in [0, 0.05) is 12.4 Å². The summed E-state index contributed by atoms with van der Waals surface area (Å²) in [4.78, 5) is 13.8. The average Bonchev–Trinajstić information content (AvgIpc) is 1.90. The van der Waals surface area contributed by atoms with E-state index in [1.807, 2.05) is 0 Å². The number of aromatic nitrogens is 1. The largest absolute Gasteiger partial charge is 0.478 e. The Hall–Kier alpha value is -0.848. The van der Waals surface area contributed by atoms with Gasteiger partial charge in [-0.2, -0.15) is 0 Å². The molecule has 1 aromatic heterocycles. The van der Waals surface area contributed by atoms with Gasteiger partial charge in [0.25, 0.3) is 0 Å². The first-order valence-electron chi connectivity index (χ1n) is 2.44. The van der Waals surface area contributed by atoms with Crippen molar-refractivity contribution in [2.75, 3.05) is 0 Å². The van der Waals surface area contributed by atoms with Crippen molar-refractivity contribution in [3.63, 3.8) is 0 Å². The summed E-state index contributed by atoms with van der Waals surface area (Å²) in [5.41, 5.74) is 0.269. The van der Waals surface area contributed by atoms with E-state index in [1.165, 1.54) is 24.5 Å². The Kier molecular flexibility index (Phi) is 3.70. The second kappa shape index (κ2) is 4.05. The Bertz CT molecular complexity index is 212. The summed E-state index contributed by atoms with van der Waals surface area (Å²) >= 11 is 0. The van der Waals surface area contributed by atoms with Crippen LogP contribution in [0.15, 0.2) is 24.5 Å². The van der Waals surface area contributed by atoms with Crippen LogP contribution in [-0.2, 0) is 0 Å². The minimum Gasteiger partial charge on any atom is -0.478 e. The first kappa shape index (κ1) is 9.15. The van der Waals surface area contributed by atoms with E-state index in [2.05, 4.69) is 4.98 Å². The van der Waals surface area contributed by atoms with Crippen molar-refractivity contribution in [3.8, 4) is 0 Å². The number of carbonyl (C=O) groups is 1. The topological polar surface area (TPSA) is 50.2 Å². The highest BCUT2D eigenvalue weighted by Gasteiger charge is 1.97. The summed E-state index contributed by atoms with van der Waals surface area (Å²) in [5.74, 6) is -0.919. The van der Waals surface area contributed by atoms with Crippen molar-refractivity contribution in [2.24, 2.45) is 0 Å². The van der Waals surface area contributed by atoms with Crippen LogP contribution in [0.25, 0.3) is 0 Å². The number of aromatic carboxylic acids is 1. The molecule has 3 nitrogen and oxygen atoms in total. The predicted octanol–water partition coefficient (Wildman–Crippen LogP) is -0.404. The number of pyridine rings is 1. The van der Waals surface area contributed by atoms with Gasteiger partial charge in [0.15, 0.2) is 17.4 Å². The van der Waals surface area contributed by atoms with Crippen LogP contribution in [-0.4, -0.2) is 33.4 Å². The molecule has 10 heavy (non-hydrogen) atoms. The Morgan fingerprint density at radius 1 is 1.40 bits per heavy atom. The maximum absolute atomic E-state index is 10.2. The highest BCUT2D eigenvalue weighted by molar-refractivity contribution is 5.87. The zero-order valence-electron chi connectivity index (χ0n) is 4.61. The fraction of sp³-hybridized carbons (Fsp3) is 0. The SMILES string of the molecule is O=C(O)c1ccncc1.[AlH3]. The first-order valence-corrected chi connectivity index (χ1v) is 2.44. The van der Waals surface area contributed by atoms with Crippen molar-refractivity contribution in [3.05, 3.63) is 30.1 Å². The molecule has 0 fully saturated rings. The van der Waals surface area contributed by atoms with Gasteiger partial charge in [-0.05, 0) is 12.1 Å². The first-order chi connectivity index (χ1) is 4.30. The van der Waals surface area contributed by atoms with Crippen LogP contribution >= 0.6 is 0 Å². The van der Waals surface area contributed by atoms with E-state index in [1.54, 1.807) is 0 Å². The fourth-order valence-corrected chi connectivity index (χ4v) is 0.494.